The lowest BCUT2D eigenvalue weighted by Gasteiger charge is -2.24. The third-order valence-corrected chi connectivity index (χ3v) is 6.56. The molecule has 9 nitrogen and oxygen atoms in total. The van der Waals surface area contributed by atoms with E-state index in [2.05, 4.69) is 35.3 Å². The number of carbonyl (C=O) groups is 3. The summed E-state index contributed by atoms with van der Waals surface area (Å²) < 4.78 is 12.7. The number of alkyl carbamates (subject to hydrolysis) is 1. The van der Waals surface area contributed by atoms with Crippen molar-refractivity contribution in [2.45, 2.75) is 77.7 Å². The second kappa shape index (κ2) is 10.4. The molecule has 2 heterocycles. The van der Waals surface area contributed by atoms with Crippen molar-refractivity contribution in [1.29, 1.82) is 0 Å². The van der Waals surface area contributed by atoms with Gasteiger partial charge in [0.25, 0.3) is 0 Å². The Kier molecular flexibility index (Phi) is 8.41. The predicted molar refractivity (Wildman–Crippen MR) is 120 cm³/mol. The van der Waals surface area contributed by atoms with Gasteiger partial charge in [0.05, 0.1) is 6.04 Å². The van der Waals surface area contributed by atoms with Crippen molar-refractivity contribution in [3.05, 3.63) is 18.2 Å². The van der Waals surface area contributed by atoms with Gasteiger partial charge in [-0.2, -0.15) is 0 Å². The van der Waals surface area contributed by atoms with Crippen molar-refractivity contribution in [2.75, 3.05) is 13.2 Å². The number of nitrogens with one attached hydrogen (secondary N) is 2. The topological polar surface area (TPSA) is 112 Å². The zero-order valence-corrected chi connectivity index (χ0v) is 20.5. The van der Waals surface area contributed by atoms with Crippen LogP contribution in [0.4, 0.5) is 4.79 Å². The summed E-state index contributed by atoms with van der Waals surface area (Å²) in [4.78, 5) is 41.9. The van der Waals surface area contributed by atoms with Crippen LogP contribution in [0.15, 0.2) is 12.4 Å². The second-order valence-electron chi connectivity index (χ2n) is 10.1. The Balaban J connectivity index is 2.10. The highest BCUT2D eigenvalue weighted by atomic mass is 28.3. The maximum Gasteiger partial charge on any atom is 0.408 e. The summed E-state index contributed by atoms with van der Waals surface area (Å²) in [7, 11) is -1.21. The first-order chi connectivity index (χ1) is 14.4. The highest BCUT2D eigenvalue weighted by Crippen LogP contribution is 2.19. The van der Waals surface area contributed by atoms with Crippen LogP contribution in [0.5, 0.6) is 0 Å². The van der Waals surface area contributed by atoms with Gasteiger partial charge in [-0.1, -0.05) is 19.6 Å². The van der Waals surface area contributed by atoms with E-state index in [1.807, 2.05) is 0 Å². The van der Waals surface area contributed by atoms with Crippen LogP contribution in [0.25, 0.3) is 0 Å². The second-order valence-corrected chi connectivity index (χ2v) is 15.8. The van der Waals surface area contributed by atoms with Crippen LogP contribution in [0, 0.1) is 5.92 Å². The lowest BCUT2D eigenvalue weighted by Crippen LogP contribution is -2.45. The molecule has 10 heteroatoms. The monoisotopic (exact) mass is 452 g/mol. The van der Waals surface area contributed by atoms with E-state index in [4.69, 9.17) is 9.47 Å². The number of ketones is 1. The molecular weight excluding hydrogens is 416 g/mol. The number of imidazole rings is 1. The molecule has 1 saturated heterocycles. The molecule has 1 aliphatic heterocycles. The van der Waals surface area contributed by atoms with E-state index in [0.29, 0.717) is 19.6 Å². The zero-order valence-electron chi connectivity index (χ0n) is 19.5. The molecule has 0 saturated carbocycles. The Morgan fingerprint density at radius 1 is 1.35 bits per heavy atom. The summed E-state index contributed by atoms with van der Waals surface area (Å²) >= 11 is 0. The molecule has 0 aromatic carbocycles. The molecule has 0 spiro atoms. The maximum absolute atomic E-state index is 13.3. The predicted octanol–water partition coefficient (Wildman–Crippen LogP) is 2.80. The Morgan fingerprint density at radius 2 is 2.06 bits per heavy atom. The minimum Gasteiger partial charge on any atom is -0.444 e. The molecule has 174 valence electrons. The van der Waals surface area contributed by atoms with Crippen molar-refractivity contribution >= 4 is 25.9 Å². The van der Waals surface area contributed by atoms with Gasteiger partial charge in [-0.3, -0.25) is 9.59 Å². The van der Waals surface area contributed by atoms with E-state index in [0.717, 1.165) is 6.04 Å². The number of amides is 2. The Morgan fingerprint density at radius 3 is 2.65 bits per heavy atom. The normalized spacial score (nSPS) is 17.9. The van der Waals surface area contributed by atoms with Gasteiger partial charge in [-0.15, -0.1) is 0 Å². The number of aromatic nitrogens is 2. The first-order valence-corrected chi connectivity index (χ1v) is 14.5. The lowest BCUT2D eigenvalue weighted by atomic mass is 9.95. The largest absolute Gasteiger partial charge is 0.444 e. The van der Waals surface area contributed by atoms with E-state index < -0.39 is 25.8 Å². The van der Waals surface area contributed by atoms with Gasteiger partial charge in [0.1, 0.15) is 12.3 Å². The number of nitrogens with zero attached hydrogens (tertiary/aromatic N) is 2. The van der Waals surface area contributed by atoms with Gasteiger partial charge >= 0.3 is 6.09 Å². The van der Waals surface area contributed by atoms with Crippen molar-refractivity contribution in [3.8, 4) is 0 Å². The molecule has 0 aliphatic carbocycles. The quantitative estimate of drug-likeness (QED) is 0.321. The van der Waals surface area contributed by atoms with Crippen molar-refractivity contribution < 1.29 is 23.9 Å². The zero-order chi connectivity index (χ0) is 23.2. The molecule has 31 heavy (non-hydrogen) atoms. The third kappa shape index (κ3) is 8.45. The van der Waals surface area contributed by atoms with Gasteiger partial charge in [-0.05, 0) is 39.7 Å². The molecule has 0 bridgehead atoms. The first kappa shape index (κ1) is 25.1. The molecule has 1 aromatic heterocycles. The van der Waals surface area contributed by atoms with Crippen LogP contribution >= 0.6 is 0 Å². The van der Waals surface area contributed by atoms with Crippen molar-refractivity contribution in [3.63, 3.8) is 0 Å². The minimum atomic E-state index is -1.21. The third-order valence-electron chi connectivity index (χ3n) is 4.85. The summed E-state index contributed by atoms with van der Waals surface area (Å²) in [5, 5.41) is 5.41. The van der Waals surface area contributed by atoms with Gasteiger partial charge in [0, 0.05) is 39.5 Å². The van der Waals surface area contributed by atoms with Gasteiger partial charge in [0.2, 0.25) is 11.7 Å². The molecule has 1 fully saturated rings. The van der Waals surface area contributed by atoms with Crippen LogP contribution in [0.3, 0.4) is 0 Å². The SMILES string of the molecule is CC(C)(C)OC(=O)N[C@@H](C[C@@H]1CCNC1=O)C(=O)c1nccn1COCC[Si](C)(C)C. The van der Waals surface area contributed by atoms with Gasteiger partial charge < -0.3 is 24.7 Å². The maximum atomic E-state index is 13.3. The fourth-order valence-corrected chi connectivity index (χ4v) is 3.93. The van der Waals surface area contributed by atoms with E-state index in [9.17, 15) is 14.4 Å². The number of rotatable bonds is 10. The Hall–Kier alpha value is -2.20. The summed E-state index contributed by atoms with van der Waals surface area (Å²) in [5.41, 5.74) is -0.703. The molecule has 2 amide bonds. The van der Waals surface area contributed by atoms with Crippen LogP contribution in [-0.2, 0) is 21.0 Å². The smallest absolute Gasteiger partial charge is 0.408 e. The molecular formula is C21H36N4O5Si. The molecule has 2 N–H and O–H groups in total. The molecule has 2 atom stereocenters. The summed E-state index contributed by atoms with van der Waals surface area (Å²) in [6.45, 7) is 13.4. The number of ether oxygens (including phenoxy) is 2. The van der Waals surface area contributed by atoms with Crippen LogP contribution in [-0.4, -0.2) is 60.2 Å². The van der Waals surface area contributed by atoms with E-state index in [1.54, 1.807) is 31.5 Å². The molecule has 1 aliphatic rings. The highest BCUT2D eigenvalue weighted by Gasteiger charge is 2.34. The van der Waals surface area contributed by atoms with Gasteiger partial charge in [-0.25, -0.2) is 9.78 Å². The van der Waals surface area contributed by atoms with E-state index in [-0.39, 0.29) is 36.6 Å². The average Bonchev–Trinajstić information content (AvgIpc) is 3.24. The Labute approximate surface area is 185 Å². The summed E-state index contributed by atoms with van der Waals surface area (Å²) in [6, 6.07) is 0.0942. The summed E-state index contributed by atoms with van der Waals surface area (Å²) in [6.07, 6.45) is 3.31. The molecule has 1 aromatic rings. The van der Waals surface area contributed by atoms with Crippen LogP contribution in [0.2, 0.25) is 25.7 Å². The minimum absolute atomic E-state index is 0.109. The standard InChI is InChI=1S/C21H36N4O5Si/c1-21(2,3)30-20(28)24-16(13-15-7-8-23-19(15)27)17(26)18-22-9-10-25(18)14-29-11-12-31(4,5)6/h9-10,15-16H,7-8,11-14H2,1-6H3,(H,23,27)(H,24,28)/t15-,16-/m0/s1. The van der Waals surface area contributed by atoms with E-state index >= 15 is 0 Å². The molecule has 0 unspecified atom stereocenters. The van der Waals surface area contributed by atoms with Crippen molar-refractivity contribution in [2.24, 2.45) is 5.92 Å². The fourth-order valence-electron chi connectivity index (χ4n) is 3.17. The number of hydrogen-bond donors (Lipinski definition) is 2. The van der Waals surface area contributed by atoms with E-state index in [1.165, 1.54) is 6.20 Å². The lowest BCUT2D eigenvalue weighted by molar-refractivity contribution is -0.122. The highest BCUT2D eigenvalue weighted by molar-refractivity contribution is 6.76. The number of carbonyl (C=O) groups excluding carboxylic acids is 3. The molecule has 2 rings (SSSR count). The average molecular weight is 453 g/mol. The fraction of sp³-hybridized carbons (Fsp3) is 0.714. The van der Waals surface area contributed by atoms with Crippen molar-refractivity contribution in [1.82, 2.24) is 20.2 Å². The van der Waals surface area contributed by atoms with Gasteiger partial charge in [0.15, 0.2) is 5.82 Å². The summed E-state index contributed by atoms with van der Waals surface area (Å²) in [5.74, 6) is -0.640. The first-order valence-electron chi connectivity index (χ1n) is 10.8. The Bertz CT molecular complexity index is 781. The molecule has 0 radical (unpaired) electrons. The van der Waals surface area contributed by atoms with Crippen LogP contribution in [0.1, 0.15) is 44.2 Å². The number of Topliss-reactive ketones (excluding diaryl/α,β-unsaturated/α-hetero) is 1. The number of hydrogen-bond acceptors (Lipinski definition) is 6. The van der Waals surface area contributed by atoms with Crippen LogP contribution < -0.4 is 10.6 Å².